The summed E-state index contributed by atoms with van der Waals surface area (Å²) in [6.07, 6.45) is -0.602. The van der Waals surface area contributed by atoms with Crippen LogP contribution in [0, 0.1) is 0 Å². The van der Waals surface area contributed by atoms with Gasteiger partial charge in [0.1, 0.15) is 0 Å². The molecule has 0 spiro atoms. The molecule has 2 aliphatic heterocycles. The lowest BCUT2D eigenvalue weighted by molar-refractivity contribution is -0.163. The molecular weight excluding hydrogens is 442 g/mol. The van der Waals surface area contributed by atoms with E-state index in [4.69, 9.17) is 4.74 Å². The molecule has 2 heterocycles. The lowest BCUT2D eigenvalue weighted by Gasteiger charge is -2.38. The van der Waals surface area contributed by atoms with Gasteiger partial charge in [-0.2, -0.15) is 0 Å². The first-order valence-electron chi connectivity index (χ1n) is 9.01. The first-order valence-corrected chi connectivity index (χ1v) is 11.1. The number of carbonyl (C=O) groups is 2. The molecule has 0 aliphatic carbocycles. The molecule has 2 saturated heterocycles. The number of fused-ring (bicyclic) bond motifs is 1. The van der Waals surface area contributed by atoms with Gasteiger partial charge in [0, 0.05) is 0 Å². The molecule has 28 heavy (non-hydrogen) atoms. The Bertz CT molecular complexity index is 852. The molecule has 1 amide bonds. The molecule has 2 aliphatic rings. The van der Waals surface area contributed by atoms with Crippen LogP contribution in [0.3, 0.4) is 0 Å². The molecule has 2 aromatic rings. The van der Waals surface area contributed by atoms with Crippen molar-refractivity contribution in [2.24, 2.45) is 0 Å². The van der Waals surface area contributed by atoms with Crippen molar-refractivity contribution in [2.75, 3.05) is 0 Å². The van der Waals surface area contributed by atoms with Gasteiger partial charge in [-0.3, -0.25) is 9.69 Å². The van der Waals surface area contributed by atoms with Gasteiger partial charge >= 0.3 is 5.97 Å². The molecule has 2 aromatic carbocycles. The van der Waals surface area contributed by atoms with E-state index in [9.17, 15) is 14.1 Å². The number of amides is 1. The molecule has 7 heteroatoms. The largest absolute Gasteiger partial charge is 0.614 e. The Morgan fingerprint density at radius 1 is 1.11 bits per heavy atom. The highest BCUT2D eigenvalue weighted by molar-refractivity contribution is 9.10. The maximum absolute atomic E-state index is 13.2. The van der Waals surface area contributed by atoms with Crippen molar-refractivity contribution in [3.8, 4) is 0 Å². The first kappa shape index (κ1) is 19.5. The summed E-state index contributed by atoms with van der Waals surface area (Å²) >= 11 is 1.92. The van der Waals surface area contributed by atoms with Crippen LogP contribution >= 0.6 is 15.9 Å². The third kappa shape index (κ3) is 2.96. The van der Waals surface area contributed by atoms with E-state index in [1.54, 1.807) is 13.8 Å². The fourth-order valence-corrected chi connectivity index (χ4v) is 6.75. The molecule has 0 aromatic heterocycles. The Hall–Kier alpha value is -1.83. The van der Waals surface area contributed by atoms with Crippen molar-refractivity contribution in [1.82, 2.24) is 4.90 Å². The number of rotatable bonds is 4. The number of hydrogen-bond acceptors (Lipinski definition) is 4. The topological polar surface area (TPSA) is 69.7 Å². The van der Waals surface area contributed by atoms with Gasteiger partial charge in [0.2, 0.25) is 11.3 Å². The molecule has 4 rings (SSSR count). The number of nitrogens with zero attached hydrogens (tertiary/aromatic N) is 1. The number of β-lactam (4-membered cyclic amide) rings is 1. The molecule has 3 unspecified atom stereocenters. The van der Waals surface area contributed by atoms with Crippen molar-refractivity contribution < 1.29 is 18.9 Å². The lowest BCUT2D eigenvalue weighted by Crippen LogP contribution is -2.64. The predicted octanol–water partition coefficient (Wildman–Crippen LogP) is 3.16. The number of esters is 1. The van der Waals surface area contributed by atoms with Gasteiger partial charge in [-0.05, 0) is 36.2 Å². The lowest BCUT2D eigenvalue weighted by atomic mass is 9.97. The van der Waals surface area contributed by atoms with Crippen LogP contribution in [0.2, 0.25) is 0 Å². The minimum absolute atomic E-state index is 0.221. The van der Waals surface area contributed by atoms with Gasteiger partial charge in [-0.25, -0.2) is 4.79 Å². The average molecular weight is 462 g/mol. The Morgan fingerprint density at radius 2 is 1.61 bits per heavy atom. The maximum Gasteiger partial charge on any atom is 0.335 e. The summed E-state index contributed by atoms with van der Waals surface area (Å²) in [7, 11) is 0. The zero-order valence-corrected chi connectivity index (χ0v) is 17.9. The fourth-order valence-electron chi connectivity index (χ4n) is 3.85. The second-order valence-corrected chi connectivity index (χ2v) is 10.6. The zero-order chi connectivity index (χ0) is 20.1. The standard InChI is InChI=1S/C21H20BrNO4S/c1-21(2)17(23-18(24)15(22)19(23)28(21)26)20(25)27-16(13-9-5-3-6-10-13)14-11-7-4-8-12-14/h3-12,15-17,19H,1-2H3/t15?,17?,19-,28?/m1/s1. The number of hydrogen-bond donors (Lipinski definition) is 0. The van der Waals surface area contributed by atoms with Gasteiger partial charge in [-0.1, -0.05) is 76.6 Å². The summed E-state index contributed by atoms with van der Waals surface area (Å²) in [6.45, 7) is 3.50. The number of ether oxygens (including phenoxy) is 1. The highest BCUT2D eigenvalue weighted by Gasteiger charge is 2.72. The SMILES string of the molecule is CC1(C)C(C(=O)OC(c2ccccc2)c2ccccc2)N2C(=O)C(Br)[C@H]2[S+]1[O-]. The molecule has 0 radical (unpaired) electrons. The van der Waals surface area contributed by atoms with Crippen molar-refractivity contribution >= 4 is 39.0 Å². The van der Waals surface area contributed by atoms with E-state index in [0.717, 1.165) is 11.1 Å². The summed E-state index contributed by atoms with van der Waals surface area (Å²) in [4.78, 5) is 26.5. The minimum atomic E-state index is -1.37. The number of benzene rings is 2. The molecule has 146 valence electrons. The molecule has 4 atom stereocenters. The van der Waals surface area contributed by atoms with E-state index < -0.39 is 44.2 Å². The van der Waals surface area contributed by atoms with Crippen LogP contribution in [0.4, 0.5) is 0 Å². The van der Waals surface area contributed by atoms with Crippen LogP contribution in [-0.4, -0.2) is 42.3 Å². The van der Waals surface area contributed by atoms with Crippen LogP contribution in [0.1, 0.15) is 31.1 Å². The van der Waals surface area contributed by atoms with E-state index in [2.05, 4.69) is 15.9 Å². The van der Waals surface area contributed by atoms with Gasteiger partial charge in [0.05, 0.1) is 0 Å². The smallest absolute Gasteiger partial charge is 0.335 e. The molecule has 2 fully saturated rings. The normalized spacial score (nSPS) is 28.0. The average Bonchev–Trinajstić information content (AvgIpc) is 2.91. The molecule has 0 saturated carbocycles. The van der Waals surface area contributed by atoms with Crippen molar-refractivity contribution in [3.63, 3.8) is 0 Å². The summed E-state index contributed by atoms with van der Waals surface area (Å²) in [5, 5.41) is -0.494. The van der Waals surface area contributed by atoms with Crippen LogP contribution in [0.5, 0.6) is 0 Å². The maximum atomic E-state index is 13.2. The summed E-state index contributed by atoms with van der Waals surface area (Å²) in [6, 6.07) is 18.1. The second-order valence-electron chi connectivity index (χ2n) is 7.48. The summed E-state index contributed by atoms with van der Waals surface area (Å²) in [5.74, 6) is -0.756. The van der Waals surface area contributed by atoms with Crippen molar-refractivity contribution in [3.05, 3.63) is 71.8 Å². The summed E-state index contributed by atoms with van der Waals surface area (Å²) in [5.41, 5.74) is 1.67. The highest BCUT2D eigenvalue weighted by Crippen LogP contribution is 2.48. The van der Waals surface area contributed by atoms with Crippen LogP contribution in [0.25, 0.3) is 0 Å². The monoisotopic (exact) mass is 461 g/mol. The Kier molecular flexibility index (Phi) is 5.02. The fraction of sp³-hybridized carbons (Fsp3) is 0.333. The van der Waals surface area contributed by atoms with Crippen molar-refractivity contribution in [2.45, 2.75) is 40.9 Å². The number of halogens is 1. The van der Waals surface area contributed by atoms with E-state index in [0.29, 0.717) is 0 Å². The van der Waals surface area contributed by atoms with E-state index >= 15 is 0 Å². The van der Waals surface area contributed by atoms with Crippen molar-refractivity contribution in [1.29, 1.82) is 0 Å². The van der Waals surface area contributed by atoms with Gasteiger partial charge in [0.25, 0.3) is 0 Å². The van der Waals surface area contributed by atoms with Crippen LogP contribution in [0.15, 0.2) is 60.7 Å². The van der Waals surface area contributed by atoms with E-state index in [1.165, 1.54) is 4.90 Å². The third-order valence-electron chi connectivity index (χ3n) is 5.35. The minimum Gasteiger partial charge on any atom is -0.614 e. The quantitative estimate of drug-likeness (QED) is 0.303. The number of carbonyl (C=O) groups excluding carboxylic acids is 2. The van der Waals surface area contributed by atoms with Crippen LogP contribution < -0.4 is 0 Å². The molecule has 5 nitrogen and oxygen atoms in total. The second kappa shape index (κ2) is 7.21. The molecular formula is C21H20BrNO4S. The Labute approximate surface area is 175 Å². The third-order valence-corrected chi connectivity index (χ3v) is 8.79. The van der Waals surface area contributed by atoms with Gasteiger partial charge in [0.15, 0.2) is 21.7 Å². The first-order chi connectivity index (χ1) is 13.3. The summed E-state index contributed by atoms with van der Waals surface area (Å²) < 4.78 is 17.9. The number of alkyl halides is 1. The van der Waals surface area contributed by atoms with E-state index in [1.807, 2.05) is 60.7 Å². The zero-order valence-electron chi connectivity index (χ0n) is 15.4. The Balaban J connectivity index is 1.66. The molecule has 0 bridgehead atoms. The molecule has 0 N–H and O–H groups in total. The van der Waals surface area contributed by atoms with Gasteiger partial charge in [-0.15, -0.1) is 0 Å². The van der Waals surface area contributed by atoms with E-state index in [-0.39, 0.29) is 5.91 Å². The van der Waals surface area contributed by atoms with Crippen LogP contribution in [-0.2, 0) is 25.5 Å². The van der Waals surface area contributed by atoms with Gasteiger partial charge < -0.3 is 9.29 Å². The predicted molar refractivity (Wildman–Crippen MR) is 110 cm³/mol. The highest BCUT2D eigenvalue weighted by atomic mass is 79.9. The Morgan fingerprint density at radius 3 is 2.11 bits per heavy atom.